The Morgan fingerprint density at radius 3 is 2.59 bits per heavy atom. The van der Waals surface area contributed by atoms with Crippen LogP contribution >= 0.6 is 22.6 Å². The van der Waals surface area contributed by atoms with Gasteiger partial charge in [-0.25, -0.2) is 4.98 Å². The molecule has 0 unspecified atom stereocenters. The molecular weight excluding hydrogens is 611 g/mol. The Labute approximate surface area is 239 Å². The van der Waals surface area contributed by atoms with E-state index < -0.39 is 0 Å². The fourth-order valence-electron chi connectivity index (χ4n) is 4.23. The number of ether oxygens (including phenoxy) is 3. The summed E-state index contributed by atoms with van der Waals surface area (Å²) < 4.78 is 19.2. The average Bonchev–Trinajstić information content (AvgIpc) is 2.97. The van der Waals surface area contributed by atoms with Gasteiger partial charge in [0, 0.05) is 18.7 Å². The van der Waals surface area contributed by atoms with Gasteiger partial charge >= 0.3 is 0 Å². The Bertz CT molecular complexity index is 1570. The number of halogens is 1. The number of carbonyl (C=O) groups is 1. The molecule has 0 N–H and O–H groups in total. The number of hydrogen-bond acceptors (Lipinski definition) is 7. The van der Waals surface area contributed by atoms with Crippen LogP contribution in [0.2, 0.25) is 0 Å². The van der Waals surface area contributed by atoms with Crippen molar-refractivity contribution in [3.63, 3.8) is 0 Å². The van der Waals surface area contributed by atoms with E-state index in [1.54, 1.807) is 29.3 Å². The summed E-state index contributed by atoms with van der Waals surface area (Å²) in [6.07, 6.45) is 1.59. The van der Waals surface area contributed by atoms with Gasteiger partial charge in [0.05, 0.1) is 40.5 Å². The van der Waals surface area contributed by atoms with E-state index in [-0.39, 0.29) is 18.1 Å². The summed E-state index contributed by atoms with van der Waals surface area (Å²) in [6, 6.07) is 20.3. The second-order valence-corrected chi connectivity index (χ2v) is 9.89. The molecule has 0 radical (unpaired) electrons. The summed E-state index contributed by atoms with van der Waals surface area (Å²) >= 11 is 2.15. The highest BCUT2D eigenvalue weighted by atomic mass is 127. The van der Waals surface area contributed by atoms with E-state index in [1.165, 1.54) is 4.68 Å². The van der Waals surface area contributed by atoms with E-state index in [0.717, 1.165) is 9.13 Å². The molecule has 5 rings (SSSR count). The average molecular weight is 638 g/mol. The van der Waals surface area contributed by atoms with E-state index in [2.05, 4.69) is 27.7 Å². The zero-order chi connectivity index (χ0) is 27.2. The normalized spacial score (nSPS) is 13.6. The van der Waals surface area contributed by atoms with Gasteiger partial charge in [0.2, 0.25) is 0 Å². The molecule has 1 fully saturated rings. The summed E-state index contributed by atoms with van der Waals surface area (Å²) in [7, 11) is 0. The fourth-order valence-corrected chi connectivity index (χ4v) is 5.01. The number of aromatic nitrogens is 2. The van der Waals surface area contributed by atoms with Crippen molar-refractivity contribution in [2.75, 3.05) is 39.5 Å². The van der Waals surface area contributed by atoms with Gasteiger partial charge in [-0.2, -0.15) is 9.78 Å². The van der Waals surface area contributed by atoms with Crippen molar-refractivity contribution in [2.24, 2.45) is 5.10 Å². The SMILES string of the molecule is CCOc1cc(C=Nn2c(-c3ccccc3)nc3ccccc3c2=O)cc(I)c1OCC(=O)N1CCOCC1. The van der Waals surface area contributed by atoms with Crippen LogP contribution in [0.4, 0.5) is 0 Å². The smallest absolute Gasteiger partial charge is 0.282 e. The quantitative estimate of drug-likeness (QED) is 0.212. The molecule has 9 nitrogen and oxygen atoms in total. The third-order valence-electron chi connectivity index (χ3n) is 6.14. The second kappa shape index (κ2) is 12.4. The lowest BCUT2D eigenvalue weighted by Crippen LogP contribution is -2.43. The van der Waals surface area contributed by atoms with Gasteiger partial charge in [-0.1, -0.05) is 42.5 Å². The lowest BCUT2D eigenvalue weighted by atomic mass is 10.2. The second-order valence-electron chi connectivity index (χ2n) is 8.72. The van der Waals surface area contributed by atoms with Gasteiger partial charge in [0.25, 0.3) is 11.5 Å². The molecule has 2 heterocycles. The Morgan fingerprint density at radius 2 is 1.82 bits per heavy atom. The maximum atomic E-state index is 13.4. The third-order valence-corrected chi connectivity index (χ3v) is 6.94. The number of carbonyl (C=O) groups excluding carboxylic acids is 1. The number of para-hydroxylation sites is 1. The van der Waals surface area contributed by atoms with E-state index >= 15 is 0 Å². The minimum Gasteiger partial charge on any atom is -0.490 e. The summed E-state index contributed by atoms with van der Waals surface area (Å²) in [5.41, 5.74) is 1.82. The Balaban J connectivity index is 1.47. The van der Waals surface area contributed by atoms with Gasteiger partial charge in [-0.05, 0) is 59.3 Å². The molecule has 0 aliphatic carbocycles. The van der Waals surface area contributed by atoms with Crippen molar-refractivity contribution < 1.29 is 19.0 Å². The minimum atomic E-state index is -0.267. The van der Waals surface area contributed by atoms with Crippen LogP contribution < -0.4 is 15.0 Å². The predicted octanol–water partition coefficient (Wildman–Crippen LogP) is 4.19. The highest BCUT2D eigenvalue weighted by Crippen LogP contribution is 2.34. The zero-order valence-electron chi connectivity index (χ0n) is 21.4. The van der Waals surface area contributed by atoms with Crippen LogP contribution in [0.3, 0.4) is 0 Å². The summed E-state index contributed by atoms with van der Waals surface area (Å²) in [4.78, 5) is 32.5. The number of nitrogens with zero attached hydrogens (tertiary/aromatic N) is 4. The van der Waals surface area contributed by atoms with E-state index in [0.29, 0.717) is 66.7 Å². The number of amides is 1. The molecule has 3 aromatic carbocycles. The van der Waals surface area contributed by atoms with Gasteiger partial charge in [-0.3, -0.25) is 9.59 Å². The predicted molar refractivity (Wildman–Crippen MR) is 158 cm³/mol. The molecule has 10 heteroatoms. The van der Waals surface area contributed by atoms with Crippen molar-refractivity contribution >= 4 is 45.6 Å². The molecule has 1 aromatic heterocycles. The lowest BCUT2D eigenvalue weighted by Gasteiger charge is -2.27. The highest BCUT2D eigenvalue weighted by Gasteiger charge is 2.20. The molecule has 1 saturated heterocycles. The molecule has 1 aliphatic rings. The first kappa shape index (κ1) is 26.8. The molecule has 0 saturated carbocycles. The molecule has 0 atom stereocenters. The molecule has 39 heavy (non-hydrogen) atoms. The van der Waals surface area contributed by atoms with Crippen molar-refractivity contribution in [3.05, 3.63) is 86.2 Å². The Kier molecular flexibility index (Phi) is 8.52. The van der Waals surface area contributed by atoms with Crippen molar-refractivity contribution in [2.45, 2.75) is 6.92 Å². The maximum Gasteiger partial charge on any atom is 0.282 e. The fraction of sp³-hybridized carbons (Fsp3) is 0.241. The lowest BCUT2D eigenvalue weighted by molar-refractivity contribution is -0.137. The van der Waals surface area contributed by atoms with Crippen molar-refractivity contribution in [3.8, 4) is 22.9 Å². The van der Waals surface area contributed by atoms with Crippen LogP contribution in [0.15, 0.2) is 76.6 Å². The van der Waals surface area contributed by atoms with Crippen LogP contribution in [0.25, 0.3) is 22.3 Å². The molecule has 4 aromatic rings. The molecular formula is C29H27IN4O5. The first-order valence-electron chi connectivity index (χ1n) is 12.6. The first-order chi connectivity index (χ1) is 19.0. The Morgan fingerprint density at radius 1 is 1.08 bits per heavy atom. The zero-order valence-corrected chi connectivity index (χ0v) is 23.5. The molecule has 1 amide bonds. The van der Waals surface area contributed by atoms with Gasteiger partial charge in [-0.15, -0.1) is 0 Å². The van der Waals surface area contributed by atoms with E-state index in [9.17, 15) is 9.59 Å². The molecule has 1 aliphatic heterocycles. The van der Waals surface area contributed by atoms with Gasteiger partial charge < -0.3 is 19.1 Å². The highest BCUT2D eigenvalue weighted by molar-refractivity contribution is 14.1. The Hall–Kier alpha value is -3.77. The minimum absolute atomic E-state index is 0.0951. The standard InChI is InChI=1S/C29H27IN4O5/c1-2-38-25-17-20(16-23(30)27(25)39-19-26(35)33-12-14-37-15-13-33)18-31-34-28(21-8-4-3-5-9-21)32-24-11-7-6-10-22(24)29(34)36/h3-11,16-18H,2,12-15,19H2,1H3. The van der Waals surface area contributed by atoms with Crippen LogP contribution in [-0.4, -0.2) is 66.2 Å². The van der Waals surface area contributed by atoms with Crippen molar-refractivity contribution in [1.82, 2.24) is 14.6 Å². The largest absolute Gasteiger partial charge is 0.490 e. The number of morpholine rings is 1. The summed E-state index contributed by atoms with van der Waals surface area (Å²) in [5.74, 6) is 1.33. The molecule has 200 valence electrons. The van der Waals surface area contributed by atoms with Crippen LogP contribution in [0, 0.1) is 3.57 Å². The number of fused-ring (bicyclic) bond motifs is 1. The van der Waals surface area contributed by atoms with Gasteiger partial charge in [0.1, 0.15) is 0 Å². The van der Waals surface area contributed by atoms with E-state index in [1.807, 2.05) is 55.5 Å². The van der Waals surface area contributed by atoms with Crippen LogP contribution in [-0.2, 0) is 9.53 Å². The van der Waals surface area contributed by atoms with Crippen LogP contribution in [0.1, 0.15) is 12.5 Å². The van der Waals surface area contributed by atoms with E-state index in [4.69, 9.17) is 19.2 Å². The third kappa shape index (κ3) is 6.12. The first-order valence-corrected chi connectivity index (χ1v) is 13.7. The molecule has 0 spiro atoms. The number of benzene rings is 3. The van der Waals surface area contributed by atoms with Gasteiger partial charge in [0.15, 0.2) is 23.9 Å². The molecule has 0 bridgehead atoms. The topological polar surface area (TPSA) is 95.2 Å². The summed E-state index contributed by atoms with van der Waals surface area (Å²) in [5, 5.41) is 5.03. The van der Waals surface area contributed by atoms with Crippen molar-refractivity contribution in [1.29, 1.82) is 0 Å². The maximum absolute atomic E-state index is 13.4. The summed E-state index contributed by atoms with van der Waals surface area (Å²) in [6.45, 7) is 4.37. The number of rotatable bonds is 8. The number of hydrogen-bond donors (Lipinski definition) is 0. The monoisotopic (exact) mass is 638 g/mol. The van der Waals surface area contributed by atoms with Crippen LogP contribution in [0.5, 0.6) is 11.5 Å².